The highest BCUT2D eigenvalue weighted by atomic mass is 15.3. The first-order valence-electron chi connectivity index (χ1n) is 4.80. The molecule has 1 aromatic heterocycles. The highest BCUT2D eigenvalue weighted by molar-refractivity contribution is 5.81. The maximum Gasteiger partial charge on any atom is 0.119 e. The Morgan fingerprint density at radius 1 is 1.53 bits per heavy atom. The van der Waals surface area contributed by atoms with Crippen molar-refractivity contribution in [3.05, 3.63) is 23.7 Å². The van der Waals surface area contributed by atoms with Gasteiger partial charge in [-0.15, -0.1) is 0 Å². The van der Waals surface area contributed by atoms with Gasteiger partial charge >= 0.3 is 0 Å². The summed E-state index contributed by atoms with van der Waals surface area (Å²) in [6, 6.07) is 0. The quantitative estimate of drug-likeness (QED) is 0.696. The highest BCUT2D eigenvalue weighted by Crippen LogP contribution is 2.20. The normalized spacial score (nSPS) is 24.9. The molecule has 0 bridgehead atoms. The molecular weight excluding hydrogens is 190 g/mol. The van der Waals surface area contributed by atoms with Crippen LogP contribution in [0.3, 0.4) is 0 Å². The second kappa shape index (κ2) is 3.20. The number of rotatable bonds is 1. The SMILES string of the molecule is Cc1nn(C)cc1C1=CNC(C)(N)C=N1. The maximum absolute atomic E-state index is 5.84. The van der Waals surface area contributed by atoms with Crippen molar-refractivity contribution in [2.45, 2.75) is 19.5 Å². The minimum absolute atomic E-state index is 0.556. The Balaban J connectivity index is 2.32. The molecule has 1 atom stereocenters. The molecule has 80 valence electrons. The van der Waals surface area contributed by atoms with Gasteiger partial charge in [-0.25, -0.2) is 0 Å². The Morgan fingerprint density at radius 3 is 2.73 bits per heavy atom. The van der Waals surface area contributed by atoms with Gasteiger partial charge in [0.15, 0.2) is 0 Å². The van der Waals surface area contributed by atoms with E-state index >= 15 is 0 Å². The van der Waals surface area contributed by atoms with E-state index in [9.17, 15) is 0 Å². The van der Waals surface area contributed by atoms with Crippen LogP contribution in [-0.4, -0.2) is 21.7 Å². The molecule has 3 N–H and O–H groups in total. The first-order chi connectivity index (χ1) is 6.98. The van der Waals surface area contributed by atoms with Gasteiger partial charge in [0.25, 0.3) is 0 Å². The maximum atomic E-state index is 5.84. The Hall–Kier alpha value is -1.62. The third-order valence-corrected chi connectivity index (χ3v) is 2.28. The van der Waals surface area contributed by atoms with Crippen LogP contribution in [0.5, 0.6) is 0 Å². The minimum Gasteiger partial charge on any atom is -0.367 e. The third-order valence-electron chi connectivity index (χ3n) is 2.28. The summed E-state index contributed by atoms with van der Waals surface area (Å²) in [6.07, 6.45) is 5.47. The van der Waals surface area contributed by atoms with Crippen molar-refractivity contribution in [3.63, 3.8) is 0 Å². The molecule has 1 aliphatic rings. The standard InChI is InChI=1S/C10H15N5/c1-7-8(5-15(3)14-7)9-4-13-10(2,11)6-12-9/h4-6,13H,11H2,1-3H3. The Morgan fingerprint density at radius 2 is 2.27 bits per heavy atom. The van der Waals surface area contributed by atoms with Crippen molar-refractivity contribution < 1.29 is 0 Å². The Bertz CT molecular complexity index is 439. The first-order valence-corrected chi connectivity index (χ1v) is 4.80. The number of hydrogen-bond acceptors (Lipinski definition) is 4. The predicted molar refractivity (Wildman–Crippen MR) is 60.1 cm³/mol. The molecule has 1 unspecified atom stereocenters. The minimum atomic E-state index is -0.556. The van der Waals surface area contributed by atoms with E-state index in [0.717, 1.165) is 17.0 Å². The average molecular weight is 205 g/mol. The van der Waals surface area contributed by atoms with Crippen LogP contribution < -0.4 is 11.1 Å². The molecule has 0 saturated carbocycles. The summed E-state index contributed by atoms with van der Waals surface area (Å²) in [6.45, 7) is 3.82. The monoisotopic (exact) mass is 205 g/mol. The fourth-order valence-corrected chi connectivity index (χ4v) is 1.50. The van der Waals surface area contributed by atoms with Gasteiger partial charge in [0, 0.05) is 31.2 Å². The molecule has 1 aromatic rings. The number of aryl methyl sites for hydroxylation is 2. The Kier molecular flexibility index (Phi) is 2.12. The van der Waals surface area contributed by atoms with Crippen molar-refractivity contribution in [3.8, 4) is 0 Å². The summed E-state index contributed by atoms with van der Waals surface area (Å²) >= 11 is 0. The van der Waals surface area contributed by atoms with E-state index in [0.29, 0.717) is 0 Å². The van der Waals surface area contributed by atoms with Gasteiger partial charge in [0.05, 0.1) is 11.4 Å². The van der Waals surface area contributed by atoms with Crippen LogP contribution in [0.2, 0.25) is 0 Å². The van der Waals surface area contributed by atoms with E-state index in [1.54, 1.807) is 10.9 Å². The highest BCUT2D eigenvalue weighted by Gasteiger charge is 2.18. The molecule has 0 aromatic carbocycles. The van der Waals surface area contributed by atoms with Gasteiger partial charge in [0.1, 0.15) is 5.66 Å². The van der Waals surface area contributed by atoms with Crippen LogP contribution >= 0.6 is 0 Å². The van der Waals surface area contributed by atoms with E-state index in [2.05, 4.69) is 15.4 Å². The molecule has 0 saturated heterocycles. The zero-order valence-corrected chi connectivity index (χ0v) is 9.15. The van der Waals surface area contributed by atoms with E-state index in [-0.39, 0.29) is 0 Å². The molecule has 5 heteroatoms. The summed E-state index contributed by atoms with van der Waals surface area (Å²) in [5, 5.41) is 7.34. The lowest BCUT2D eigenvalue weighted by Gasteiger charge is -2.23. The van der Waals surface area contributed by atoms with Gasteiger partial charge in [-0.3, -0.25) is 9.67 Å². The van der Waals surface area contributed by atoms with Gasteiger partial charge in [-0.05, 0) is 13.8 Å². The molecule has 1 aliphatic heterocycles. The largest absolute Gasteiger partial charge is 0.367 e. The van der Waals surface area contributed by atoms with Gasteiger partial charge in [-0.2, -0.15) is 5.10 Å². The predicted octanol–water partition coefficient (Wildman–Crippen LogP) is 0.376. The summed E-state index contributed by atoms with van der Waals surface area (Å²) in [7, 11) is 1.89. The number of nitrogens with one attached hydrogen (secondary N) is 1. The van der Waals surface area contributed by atoms with E-state index < -0.39 is 5.66 Å². The van der Waals surface area contributed by atoms with Crippen molar-refractivity contribution in [2.75, 3.05) is 0 Å². The fourth-order valence-electron chi connectivity index (χ4n) is 1.50. The van der Waals surface area contributed by atoms with E-state index in [1.807, 2.05) is 33.3 Å². The molecule has 0 aliphatic carbocycles. The van der Waals surface area contributed by atoms with Crippen molar-refractivity contribution in [1.82, 2.24) is 15.1 Å². The molecule has 0 spiro atoms. The van der Waals surface area contributed by atoms with Crippen LogP contribution in [-0.2, 0) is 7.05 Å². The van der Waals surface area contributed by atoms with Crippen LogP contribution in [0.25, 0.3) is 5.70 Å². The molecule has 5 nitrogen and oxygen atoms in total. The summed E-state index contributed by atoms with van der Waals surface area (Å²) < 4.78 is 1.78. The molecular formula is C10H15N5. The van der Waals surface area contributed by atoms with Gasteiger partial charge < -0.3 is 11.1 Å². The zero-order chi connectivity index (χ0) is 11.1. The van der Waals surface area contributed by atoms with Crippen LogP contribution in [0, 0.1) is 6.92 Å². The van der Waals surface area contributed by atoms with Crippen molar-refractivity contribution in [1.29, 1.82) is 0 Å². The molecule has 2 heterocycles. The number of nitrogens with two attached hydrogens (primary N) is 1. The van der Waals surface area contributed by atoms with Crippen LogP contribution in [0.1, 0.15) is 18.2 Å². The number of nitrogens with zero attached hydrogens (tertiary/aromatic N) is 3. The lowest BCUT2D eigenvalue weighted by molar-refractivity contribution is 0.567. The second-order valence-corrected chi connectivity index (χ2v) is 4.02. The van der Waals surface area contributed by atoms with Crippen LogP contribution in [0.4, 0.5) is 0 Å². The first kappa shape index (κ1) is 9.92. The number of aromatic nitrogens is 2. The third kappa shape index (κ3) is 1.92. The summed E-state index contributed by atoms with van der Waals surface area (Å²) in [5.41, 5.74) is 8.13. The van der Waals surface area contributed by atoms with Crippen molar-refractivity contribution >= 4 is 11.9 Å². The molecule has 2 rings (SSSR count). The lowest BCUT2D eigenvalue weighted by atomic mass is 10.1. The van der Waals surface area contributed by atoms with Gasteiger partial charge in [-0.1, -0.05) is 0 Å². The Labute approximate surface area is 88.7 Å². The molecule has 15 heavy (non-hydrogen) atoms. The summed E-state index contributed by atoms with van der Waals surface area (Å²) in [5.74, 6) is 0. The molecule has 0 amide bonds. The number of aliphatic imine (C=N–C) groups is 1. The van der Waals surface area contributed by atoms with E-state index in [1.165, 1.54) is 0 Å². The summed E-state index contributed by atoms with van der Waals surface area (Å²) in [4.78, 5) is 4.32. The molecule has 0 fully saturated rings. The fraction of sp³-hybridized carbons (Fsp3) is 0.400. The smallest absolute Gasteiger partial charge is 0.119 e. The lowest BCUT2D eigenvalue weighted by Crippen LogP contribution is -2.51. The topological polar surface area (TPSA) is 68.2 Å². The van der Waals surface area contributed by atoms with Crippen LogP contribution in [0.15, 0.2) is 17.4 Å². The average Bonchev–Trinajstić information content (AvgIpc) is 2.45. The number of hydrogen-bond donors (Lipinski definition) is 2. The second-order valence-electron chi connectivity index (χ2n) is 4.02. The molecule has 0 radical (unpaired) electrons. The zero-order valence-electron chi connectivity index (χ0n) is 9.15. The van der Waals surface area contributed by atoms with Crippen molar-refractivity contribution in [2.24, 2.45) is 17.8 Å². The van der Waals surface area contributed by atoms with Gasteiger partial charge in [0.2, 0.25) is 0 Å². The van der Waals surface area contributed by atoms with E-state index in [4.69, 9.17) is 5.73 Å².